The Kier molecular flexibility index (Phi) is 7.64. The molecular formula is C20H31N3O5S. The SMILES string of the molecule is CC(C)[C@@H](CNC(=O)c1ccc(S(=O)(=O)N2CCOCC2)cc1)N1CCOCC1. The number of sulfonamides is 1. The van der Waals surface area contributed by atoms with Crippen LogP contribution < -0.4 is 5.32 Å². The summed E-state index contributed by atoms with van der Waals surface area (Å²) in [5.74, 6) is 0.202. The molecule has 0 radical (unpaired) electrons. The van der Waals surface area contributed by atoms with Gasteiger partial charge < -0.3 is 14.8 Å². The van der Waals surface area contributed by atoms with Gasteiger partial charge >= 0.3 is 0 Å². The molecule has 0 unspecified atom stereocenters. The van der Waals surface area contributed by atoms with Crippen molar-refractivity contribution in [3.8, 4) is 0 Å². The van der Waals surface area contributed by atoms with E-state index in [0.29, 0.717) is 44.3 Å². The Labute approximate surface area is 173 Å². The molecule has 2 aliphatic heterocycles. The van der Waals surface area contributed by atoms with Gasteiger partial charge in [-0.05, 0) is 30.2 Å². The van der Waals surface area contributed by atoms with Crippen molar-refractivity contribution in [2.24, 2.45) is 5.92 Å². The Morgan fingerprint density at radius 2 is 1.55 bits per heavy atom. The zero-order chi connectivity index (χ0) is 20.9. The number of amides is 1. The van der Waals surface area contributed by atoms with Crippen LogP contribution in [0.25, 0.3) is 0 Å². The molecule has 1 aromatic rings. The van der Waals surface area contributed by atoms with Crippen molar-refractivity contribution in [1.82, 2.24) is 14.5 Å². The number of nitrogens with one attached hydrogen (secondary N) is 1. The topological polar surface area (TPSA) is 88.2 Å². The van der Waals surface area contributed by atoms with E-state index >= 15 is 0 Å². The first-order chi connectivity index (χ1) is 13.9. The van der Waals surface area contributed by atoms with Crippen LogP contribution in [0, 0.1) is 5.92 Å². The van der Waals surface area contributed by atoms with Crippen molar-refractivity contribution >= 4 is 15.9 Å². The predicted octanol–water partition coefficient (Wildman–Crippen LogP) is 0.794. The molecule has 2 saturated heterocycles. The third kappa shape index (κ3) is 5.55. The van der Waals surface area contributed by atoms with Gasteiger partial charge in [0, 0.05) is 44.3 Å². The van der Waals surface area contributed by atoms with Crippen LogP contribution in [0.5, 0.6) is 0 Å². The average molecular weight is 426 g/mol. The number of morpholine rings is 2. The second kappa shape index (κ2) is 9.99. The molecule has 0 bridgehead atoms. The summed E-state index contributed by atoms with van der Waals surface area (Å²) >= 11 is 0. The molecule has 2 fully saturated rings. The second-order valence-electron chi connectivity index (χ2n) is 7.71. The summed E-state index contributed by atoms with van der Waals surface area (Å²) in [6.07, 6.45) is 0. The summed E-state index contributed by atoms with van der Waals surface area (Å²) < 4.78 is 37.4. The van der Waals surface area contributed by atoms with E-state index < -0.39 is 10.0 Å². The fraction of sp³-hybridized carbons (Fsp3) is 0.650. The lowest BCUT2D eigenvalue weighted by atomic mass is 10.0. The fourth-order valence-corrected chi connectivity index (χ4v) is 5.12. The van der Waals surface area contributed by atoms with Gasteiger partial charge in [0.25, 0.3) is 5.91 Å². The van der Waals surface area contributed by atoms with Crippen molar-refractivity contribution in [2.45, 2.75) is 24.8 Å². The number of nitrogens with zero attached hydrogens (tertiary/aromatic N) is 2. The zero-order valence-electron chi connectivity index (χ0n) is 17.2. The minimum Gasteiger partial charge on any atom is -0.379 e. The number of ether oxygens (including phenoxy) is 2. The van der Waals surface area contributed by atoms with Gasteiger partial charge in [-0.3, -0.25) is 9.69 Å². The van der Waals surface area contributed by atoms with Gasteiger partial charge in [0.1, 0.15) is 0 Å². The Morgan fingerprint density at radius 1 is 1.00 bits per heavy atom. The fourth-order valence-electron chi connectivity index (χ4n) is 3.71. The summed E-state index contributed by atoms with van der Waals surface area (Å²) in [4.78, 5) is 15.1. The molecule has 0 saturated carbocycles. The minimum absolute atomic E-state index is 0.195. The van der Waals surface area contributed by atoms with Crippen molar-refractivity contribution in [2.75, 3.05) is 59.2 Å². The number of hydrogen-bond donors (Lipinski definition) is 1. The molecule has 1 atom stereocenters. The maximum absolute atomic E-state index is 12.7. The summed E-state index contributed by atoms with van der Waals surface area (Å²) in [6, 6.07) is 6.39. The molecule has 3 rings (SSSR count). The lowest BCUT2D eigenvalue weighted by molar-refractivity contribution is 0.00672. The predicted molar refractivity (Wildman–Crippen MR) is 109 cm³/mol. The van der Waals surface area contributed by atoms with Crippen LogP contribution in [0.2, 0.25) is 0 Å². The molecule has 2 heterocycles. The number of carbonyl (C=O) groups is 1. The number of rotatable bonds is 7. The smallest absolute Gasteiger partial charge is 0.251 e. The van der Waals surface area contributed by atoms with E-state index in [9.17, 15) is 13.2 Å². The molecule has 1 aromatic carbocycles. The summed E-state index contributed by atoms with van der Waals surface area (Å²) in [7, 11) is -3.55. The first-order valence-electron chi connectivity index (χ1n) is 10.2. The average Bonchev–Trinajstić information content (AvgIpc) is 2.75. The Balaban J connectivity index is 1.61. The Bertz CT molecular complexity index is 770. The van der Waals surface area contributed by atoms with Crippen LogP contribution in [0.4, 0.5) is 0 Å². The van der Waals surface area contributed by atoms with E-state index in [1.165, 1.54) is 16.4 Å². The van der Waals surface area contributed by atoms with Gasteiger partial charge in [0.05, 0.1) is 31.3 Å². The second-order valence-corrected chi connectivity index (χ2v) is 9.65. The molecule has 9 heteroatoms. The summed E-state index contributed by atoms with van der Waals surface area (Å²) in [5, 5.41) is 3.00. The molecule has 0 spiro atoms. The molecule has 0 aromatic heterocycles. The van der Waals surface area contributed by atoms with Crippen molar-refractivity contribution in [3.63, 3.8) is 0 Å². The van der Waals surface area contributed by atoms with Gasteiger partial charge in [-0.2, -0.15) is 4.31 Å². The third-order valence-corrected chi connectivity index (χ3v) is 7.39. The van der Waals surface area contributed by atoms with Crippen LogP contribution in [0.3, 0.4) is 0 Å². The van der Waals surface area contributed by atoms with Crippen molar-refractivity contribution in [3.05, 3.63) is 29.8 Å². The van der Waals surface area contributed by atoms with Gasteiger partial charge in [0.2, 0.25) is 10.0 Å². The van der Waals surface area contributed by atoms with Gasteiger partial charge in [0.15, 0.2) is 0 Å². The quantitative estimate of drug-likeness (QED) is 0.695. The van der Waals surface area contributed by atoms with E-state index in [0.717, 1.165) is 26.3 Å². The number of hydrogen-bond acceptors (Lipinski definition) is 6. The molecule has 29 heavy (non-hydrogen) atoms. The lowest BCUT2D eigenvalue weighted by Gasteiger charge is -2.36. The molecule has 2 aliphatic rings. The van der Waals surface area contributed by atoms with Crippen LogP contribution in [-0.4, -0.2) is 88.7 Å². The van der Waals surface area contributed by atoms with Crippen LogP contribution >= 0.6 is 0 Å². The third-order valence-electron chi connectivity index (χ3n) is 5.48. The van der Waals surface area contributed by atoms with Crippen LogP contribution in [0.15, 0.2) is 29.2 Å². The molecule has 8 nitrogen and oxygen atoms in total. The highest BCUT2D eigenvalue weighted by Gasteiger charge is 2.27. The summed E-state index contributed by atoms with van der Waals surface area (Å²) in [6.45, 7) is 9.52. The van der Waals surface area contributed by atoms with Crippen LogP contribution in [-0.2, 0) is 19.5 Å². The summed E-state index contributed by atoms with van der Waals surface area (Å²) in [5.41, 5.74) is 0.454. The highest BCUT2D eigenvalue weighted by atomic mass is 32.2. The zero-order valence-corrected chi connectivity index (χ0v) is 18.0. The van der Waals surface area contributed by atoms with E-state index in [1.54, 1.807) is 12.1 Å². The molecule has 0 aliphatic carbocycles. The normalized spacial score (nSPS) is 20.5. The van der Waals surface area contributed by atoms with E-state index in [1.807, 2.05) is 0 Å². The number of carbonyl (C=O) groups excluding carboxylic acids is 1. The molecule has 1 N–H and O–H groups in total. The standard InChI is InChI=1S/C20H31N3O5S/c1-16(2)19(22-7-11-27-12-8-22)15-21-20(24)17-3-5-18(6-4-17)29(25,26)23-9-13-28-14-10-23/h3-6,16,19H,7-15H2,1-2H3,(H,21,24)/t19-/m1/s1. The lowest BCUT2D eigenvalue weighted by Crippen LogP contribution is -2.51. The Morgan fingerprint density at radius 3 is 2.10 bits per heavy atom. The monoisotopic (exact) mass is 425 g/mol. The maximum atomic E-state index is 12.7. The minimum atomic E-state index is -3.55. The first-order valence-corrected chi connectivity index (χ1v) is 11.6. The Hall–Kier alpha value is -1.52. The van der Waals surface area contributed by atoms with E-state index in [2.05, 4.69) is 24.1 Å². The van der Waals surface area contributed by atoms with E-state index in [-0.39, 0.29) is 16.8 Å². The van der Waals surface area contributed by atoms with Crippen molar-refractivity contribution in [1.29, 1.82) is 0 Å². The molecular weight excluding hydrogens is 394 g/mol. The molecule has 1 amide bonds. The largest absolute Gasteiger partial charge is 0.379 e. The first kappa shape index (κ1) is 22.2. The van der Waals surface area contributed by atoms with Crippen LogP contribution in [0.1, 0.15) is 24.2 Å². The van der Waals surface area contributed by atoms with Gasteiger partial charge in [-0.1, -0.05) is 13.8 Å². The number of benzene rings is 1. The van der Waals surface area contributed by atoms with Crippen molar-refractivity contribution < 1.29 is 22.7 Å². The molecule has 162 valence electrons. The van der Waals surface area contributed by atoms with Gasteiger partial charge in [-0.25, -0.2) is 8.42 Å². The van der Waals surface area contributed by atoms with Gasteiger partial charge in [-0.15, -0.1) is 0 Å². The highest BCUT2D eigenvalue weighted by molar-refractivity contribution is 7.89. The maximum Gasteiger partial charge on any atom is 0.251 e. The van der Waals surface area contributed by atoms with E-state index in [4.69, 9.17) is 9.47 Å². The highest BCUT2D eigenvalue weighted by Crippen LogP contribution is 2.18.